The minimum atomic E-state index is -0.322. The molecule has 1 N–H and O–H groups in total. The molecule has 1 aromatic carbocycles. The molecule has 0 spiro atoms. The van der Waals surface area contributed by atoms with Crippen LogP contribution in [-0.2, 0) is 9.59 Å². The summed E-state index contributed by atoms with van der Waals surface area (Å²) in [5.74, 6) is 0.802. The van der Waals surface area contributed by atoms with Gasteiger partial charge in [-0.2, -0.15) is 5.10 Å². The van der Waals surface area contributed by atoms with Gasteiger partial charge in [0.25, 0.3) is 5.91 Å². The highest BCUT2D eigenvalue weighted by atomic mass is 35.5. The van der Waals surface area contributed by atoms with Crippen molar-refractivity contribution in [3.05, 3.63) is 22.7 Å². The lowest BCUT2D eigenvalue weighted by atomic mass is 10.2. The third-order valence-corrected chi connectivity index (χ3v) is 4.51. The maximum atomic E-state index is 12.0. The summed E-state index contributed by atoms with van der Waals surface area (Å²) >= 11 is 6.22. The van der Waals surface area contributed by atoms with E-state index in [2.05, 4.69) is 10.5 Å². The van der Waals surface area contributed by atoms with Gasteiger partial charge in [0.1, 0.15) is 6.54 Å². The highest BCUT2D eigenvalue weighted by molar-refractivity contribution is 6.32. The zero-order valence-electron chi connectivity index (χ0n) is 14.5. The van der Waals surface area contributed by atoms with Crippen molar-refractivity contribution in [2.24, 2.45) is 5.10 Å². The summed E-state index contributed by atoms with van der Waals surface area (Å²) in [7, 11) is 0. The molecule has 2 amide bonds. The SMILES string of the molecule is O=C(CN1CCCCCC1=O)N/N=C\c1cc(Cl)c2c(c1)OCCCO2. The summed E-state index contributed by atoms with van der Waals surface area (Å²) in [5.41, 5.74) is 3.14. The van der Waals surface area contributed by atoms with Crippen molar-refractivity contribution in [3.63, 3.8) is 0 Å². The Hall–Kier alpha value is -2.28. The molecule has 3 rings (SSSR count). The average molecular weight is 380 g/mol. The Morgan fingerprint density at radius 3 is 2.96 bits per heavy atom. The Balaban J connectivity index is 1.58. The van der Waals surface area contributed by atoms with Gasteiger partial charge in [-0.1, -0.05) is 18.0 Å². The molecule has 0 aromatic heterocycles. The second-order valence-electron chi connectivity index (χ2n) is 6.30. The van der Waals surface area contributed by atoms with E-state index in [4.69, 9.17) is 21.1 Å². The first-order valence-electron chi connectivity index (χ1n) is 8.82. The van der Waals surface area contributed by atoms with Crippen molar-refractivity contribution in [1.82, 2.24) is 10.3 Å². The lowest BCUT2D eigenvalue weighted by molar-refractivity contribution is -0.135. The van der Waals surface area contributed by atoms with Crippen LogP contribution < -0.4 is 14.9 Å². The standard InChI is InChI=1S/C18H22ClN3O4/c19-14-9-13(10-15-18(14)26-8-4-7-25-15)11-20-21-16(23)12-22-6-3-1-2-5-17(22)24/h9-11H,1-8,12H2,(H,21,23)/b20-11-. The molecule has 7 nitrogen and oxygen atoms in total. The Morgan fingerprint density at radius 1 is 1.23 bits per heavy atom. The van der Waals surface area contributed by atoms with Gasteiger partial charge in [0.2, 0.25) is 5.91 Å². The first kappa shape index (κ1) is 18.5. The Kier molecular flexibility index (Phi) is 6.33. The number of rotatable bonds is 4. The molecule has 2 aliphatic rings. The Labute approximate surface area is 157 Å². The number of carbonyl (C=O) groups is 2. The van der Waals surface area contributed by atoms with E-state index in [0.717, 1.165) is 25.7 Å². The van der Waals surface area contributed by atoms with Crippen LogP contribution in [0.15, 0.2) is 17.2 Å². The lowest BCUT2D eigenvalue weighted by Gasteiger charge is -2.18. The second-order valence-corrected chi connectivity index (χ2v) is 6.71. The first-order valence-corrected chi connectivity index (χ1v) is 9.20. The van der Waals surface area contributed by atoms with Crippen LogP contribution in [-0.4, -0.2) is 49.2 Å². The van der Waals surface area contributed by atoms with Crippen LogP contribution in [0.2, 0.25) is 5.02 Å². The highest BCUT2D eigenvalue weighted by Crippen LogP contribution is 2.37. The highest BCUT2D eigenvalue weighted by Gasteiger charge is 2.19. The normalized spacial score (nSPS) is 17.7. The fourth-order valence-electron chi connectivity index (χ4n) is 2.92. The molecule has 1 saturated heterocycles. The van der Waals surface area contributed by atoms with Gasteiger partial charge < -0.3 is 14.4 Å². The number of nitrogens with one attached hydrogen (secondary N) is 1. The number of halogens is 1. The number of ether oxygens (including phenoxy) is 2. The van der Waals surface area contributed by atoms with E-state index in [9.17, 15) is 9.59 Å². The number of amides is 2. The Morgan fingerprint density at radius 2 is 2.08 bits per heavy atom. The van der Waals surface area contributed by atoms with Crippen molar-refractivity contribution >= 4 is 29.6 Å². The minimum Gasteiger partial charge on any atom is -0.489 e. The Bertz CT molecular complexity index is 708. The van der Waals surface area contributed by atoms with E-state index >= 15 is 0 Å². The summed E-state index contributed by atoms with van der Waals surface area (Å²) in [5, 5.41) is 4.39. The number of benzene rings is 1. The lowest BCUT2D eigenvalue weighted by Crippen LogP contribution is -2.39. The fourth-order valence-corrected chi connectivity index (χ4v) is 3.19. The zero-order chi connectivity index (χ0) is 18.4. The third kappa shape index (κ3) is 4.88. The van der Waals surface area contributed by atoms with E-state index in [1.807, 2.05) is 0 Å². The molecule has 1 fully saturated rings. The minimum absolute atomic E-state index is 0.0244. The van der Waals surface area contributed by atoms with E-state index in [-0.39, 0.29) is 18.4 Å². The number of hydrogen-bond acceptors (Lipinski definition) is 5. The van der Waals surface area contributed by atoms with Gasteiger partial charge in [0.15, 0.2) is 11.5 Å². The largest absolute Gasteiger partial charge is 0.489 e. The van der Waals surface area contributed by atoms with Crippen LogP contribution >= 0.6 is 11.6 Å². The summed E-state index contributed by atoms with van der Waals surface area (Å²) in [6.45, 7) is 1.77. The second kappa shape index (κ2) is 8.89. The molecule has 0 saturated carbocycles. The van der Waals surface area contributed by atoms with Crippen molar-refractivity contribution in [1.29, 1.82) is 0 Å². The van der Waals surface area contributed by atoms with Gasteiger partial charge in [0.05, 0.1) is 24.5 Å². The molecule has 2 heterocycles. The monoisotopic (exact) mass is 379 g/mol. The molecule has 1 aromatic rings. The van der Waals surface area contributed by atoms with Crippen LogP contribution in [0.5, 0.6) is 11.5 Å². The summed E-state index contributed by atoms with van der Waals surface area (Å²) < 4.78 is 11.2. The van der Waals surface area contributed by atoms with Gasteiger partial charge in [-0.3, -0.25) is 9.59 Å². The topological polar surface area (TPSA) is 80.2 Å². The van der Waals surface area contributed by atoms with E-state index < -0.39 is 0 Å². The van der Waals surface area contributed by atoms with Crippen molar-refractivity contribution in [2.75, 3.05) is 26.3 Å². The number of likely N-dealkylation sites (tertiary alicyclic amines) is 1. The van der Waals surface area contributed by atoms with Crippen molar-refractivity contribution in [2.45, 2.75) is 32.1 Å². The predicted octanol–water partition coefficient (Wildman–Crippen LogP) is 2.35. The molecule has 26 heavy (non-hydrogen) atoms. The zero-order valence-corrected chi connectivity index (χ0v) is 15.3. The molecule has 0 unspecified atom stereocenters. The maximum absolute atomic E-state index is 12.0. The van der Waals surface area contributed by atoms with Crippen LogP contribution in [0.4, 0.5) is 0 Å². The number of carbonyl (C=O) groups excluding carboxylic acids is 2. The molecule has 8 heteroatoms. The summed E-state index contributed by atoms with van der Waals surface area (Å²) in [6.07, 6.45) is 5.62. The van der Waals surface area contributed by atoms with Crippen molar-refractivity contribution in [3.8, 4) is 11.5 Å². The van der Waals surface area contributed by atoms with Crippen LogP contribution in [0, 0.1) is 0 Å². The number of nitrogens with zero attached hydrogens (tertiary/aromatic N) is 2. The molecule has 140 valence electrons. The number of fused-ring (bicyclic) bond motifs is 1. The molecule has 0 aliphatic carbocycles. The quantitative estimate of drug-likeness (QED) is 0.643. The van der Waals surface area contributed by atoms with Crippen LogP contribution in [0.1, 0.15) is 37.7 Å². The van der Waals surface area contributed by atoms with Crippen molar-refractivity contribution < 1.29 is 19.1 Å². The maximum Gasteiger partial charge on any atom is 0.259 e. The number of hydrazone groups is 1. The molecule has 2 aliphatic heterocycles. The van der Waals surface area contributed by atoms with E-state index in [1.54, 1.807) is 17.0 Å². The molecule has 0 atom stereocenters. The third-order valence-electron chi connectivity index (χ3n) is 4.23. The van der Waals surface area contributed by atoms with Crippen LogP contribution in [0.3, 0.4) is 0 Å². The molecular formula is C18H22ClN3O4. The molecular weight excluding hydrogens is 358 g/mol. The number of hydrogen-bond donors (Lipinski definition) is 1. The fraction of sp³-hybridized carbons (Fsp3) is 0.500. The van der Waals surface area contributed by atoms with Gasteiger partial charge in [0, 0.05) is 19.4 Å². The molecule has 0 bridgehead atoms. The van der Waals surface area contributed by atoms with Gasteiger partial charge in [-0.25, -0.2) is 5.43 Å². The summed E-state index contributed by atoms with van der Waals surface area (Å²) in [4.78, 5) is 25.5. The van der Waals surface area contributed by atoms with Crippen LogP contribution in [0.25, 0.3) is 0 Å². The predicted molar refractivity (Wildman–Crippen MR) is 97.8 cm³/mol. The first-order chi connectivity index (χ1) is 12.6. The van der Waals surface area contributed by atoms with E-state index in [1.165, 1.54) is 6.21 Å². The van der Waals surface area contributed by atoms with Gasteiger partial charge in [-0.15, -0.1) is 0 Å². The summed E-state index contributed by atoms with van der Waals surface area (Å²) in [6, 6.07) is 3.46. The van der Waals surface area contributed by atoms with Gasteiger partial charge >= 0.3 is 0 Å². The molecule has 0 radical (unpaired) electrons. The van der Waals surface area contributed by atoms with Gasteiger partial charge in [-0.05, 0) is 30.5 Å². The average Bonchev–Trinajstić information content (AvgIpc) is 2.96. The van der Waals surface area contributed by atoms with E-state index in [0.29, 0.717) is 48.3 Å². The smallest absolute Gasteiger partial charge is 0.259 e.